The zero-order valence-electron chi connectivity index (χ0n) is 8.44. The van der Waals surface area contributed by atoms with Gasteiger partial charge in [-0.3, -0.25) is 4.68 Å². The fourth-order valence-corrected chi connectivity index (χ4v) is 2.98. The van der Waals surface area contributed by atoms with Crippen LogP contribution in [0.3, 0.4) is 0 Å². The molecule has 1 heterocycles. The van der Waals surface area contributed by atoms with Crippen molar-refractivity contribution in [3.63, 3.8) is 0 Å². The number of nitrogens with two attached hydrogens (primary N) is 1. The van der Waals surface area contributed by atoms with Gasteiger partial charge in [0.1, 0.15) is 0 Å². The van der Waals surface area contributed by atoms with Crippen LogP contribution < -0.4 is 10.5 Å². The van der Waals surface area contributed by atoms with E-state index in [-0.39, 0.29) is 22.6 Å². The summed E-state index contributed by atoms with van der Waals surface area (Å²) < 4.78 is 27.2. The number of aryl methyl sites for hydroxylation is 1. The van der Waals surface area contributed by atoms with Gasteiger partial charge in [-0.2, -0.15) is 5.10 Å². The van der Waals surface area contributed by atoms with Crippen LogP contribution in [0.4, 0.5) is 0 Å². The van der Waals surface area contributed by atoms with Crippen molar-refractivity contribution in [2.45, 2.75) is 18.0 Å². The number of hydrogen-bond donors (Lipinski definition) is 2. The van der Waals surface area contributed by atoms with E-state index in [1.54, 1.807) is 6.92 Å². The molecule has 0 radical (unpaired) electrons. The molecular weight excluding hydrogens is 240 g/mol. The average Bonchev–Trinajstić information content (AvgIpc) is 2.45. The van der Waals surface area contributed by atoms with Crippen molar-refractivity contribution in [2.75, 3.05) is 6.54 Å². The first-order valence-corrected chi connectivity index (χ1v) is 6.14. The molecule has 0 unspecified atom stereocenters. The molecule has 3 N–H and O–H groups in total. The summed E-state index contributed by atoms with van der Waals surface area (Å²) in [5.74, 6) is 0. The van der Waals surface area contributed by atoms with Crippen LogP contribution in [0.5, 0.6) is 0 Å². The predicted molar refractivity (Wildman–Crippen MR) is 57.1 cm³/mol. The summed E-state index contributed by atoms with van der Waals surface area (Å²) in [6.07, 6.45) is 1.28. The Balaban J connectivity index is 3.07. The minimum absolute atomic E-state index is 0.0514. The number of halogens is 1. The molecule has 0 aromatic carbocycles. The van der Waals surface area contributed by atoms with Crippen molar-refractivity contribution in [3.05, 3.63) is 11.2 Å². The predicted octanol–water partition coefficient (Wildman–Crippen LogP) is -0.301. The molecule has 0 bridgehead atoms. The van der Waals surface area contributed by atoms with Crippen molar-refractivity contribution in [1.82, 2.24) is 14.5 Å². The molecule has 0 fully saturated rings. The topological polar surface area (TPSA) is 90.0 Å². The smallest absolute Gasteiger partial charge is 0.259 e. The van der Waals surface area contributed by atoms with Gasteiger partial charge in [-0.1, -0.05) is 11.6 Å². The summed E-state index contributed by atoms with van der Waals surface area (Å²) in [6, 6.07) is -0.346. The van der Waals surface area contributed by atoms with E-state index in [1.165, 1.54) is 17.9 Å². The van der Waals surface area contributed by atoms with Gasteiger partial charge in [-0.25, -0.2) is 13.1 Å². The van der Waals surface area contributed by atoms with Gasteiger partial charge in [0.15, 0.2) is 5.03 Å². The number of rotatable bonds is 4. The van der Waals surface area contributed by atoms with E-state index in [0.29, 0.717) is 0 Å². The van der Waals surface area contributed by atoms with E-state index in [9.17, 15) is 8.42 Å². The zero-order chi connectivity index (χ0) is 11.6. The highest BCUT2D eigenvalue weighted by Crippen LogP contribution is 2.19. The Morgan fingerprint density at radius 2 is 2.33 bits per heavy atom. The summed E-state index contributed by atoms with van der Waals surface area (Å²) in [4.78, 5) is 0. The molecular formula is C7H13ClN4O2S. The summed E-state index contributed by atoms with van der Waals surface area (Å²) >= 11 is 5.72. The summed E-state index contributed by atoms with van der Waals surface area (Å²) in [7, 11) is -2.14. The number of hydrogen-bond acceptors (Lipinski definition) is 4. The third-order valence-electron chi connectivity index (χ3n) is 1.81. The minimum Gasteiger partial charge on any atom is -0.329 e. The fourth-order valence-electron chi connectivity index (χ4n) is 1.07. The van der Waals surface area contributed by atoms with Gasteiger partial charge in [0.25, 0.3) is 10.0 Å². The third kappa shape index (κ3) is 2.69. The molecule has 0 saturated carbocycles. The van der Waals surface area contributed by atoms with Crippen LogP contribution in [-0.4, -0.2) is 30.8 Å². The number of aromatic nitrogens is 2. The maximum absolute atomic E-state index is 11.8. The van der Waals surface area contributed by atoms with Crippen LogP contribution in [0.2, 0.25) is 5.02 Å². The lowest BCUT2D eigenvalue weighted by Crippen LogP contribution is -2.38. The van der Waals surface area contributed by atoms with Crippen LogP contribution in [0, 0.1) is 0 Å². The highest BCUT2D eigenvalue weighted by atomic mass is 35.5. The second-order valence-corrected chi connectivity index (χ2v) is 5.22. The van der Waals surface area contributed by atoms with Crippen molar-refractivity contribution >= 4 is 21.6 Å². The van der Waals surface area contributed by atoms with Crippen LogP contribution in [0.25, 0.3) is 0 Å². The molecule has 0 spiro atoms. The third-order valence-corrected chi connectivity index (χ3v) is 3.90. The Labute approximate surface area is 93.5 Å². The summed E-state index contributed by atoms with van der Waals surface area (Å²) in [6.45, 7) is 1.89. The first-order valence-electron chi connectivity index (χ1n) is 4.28. The largest absolute Gasteiger partial charge is 0.329 e. The molecule has 1 atom stereocenters. The van der Waals surface area contributed by atoms with E-state index >= 15 is 0 Å². The highest BCUT2D eigenvalue weighted by Gasteiger charge is 2.23. The van der Waals surface area contributed by atoms with Crippen LogP contribution >= 0.6 is 11.6 Å². The van der Waals surface area contributed by atoms with Crippen LogP contribution in [0.15, 0.2) is 11.2 Å². The zero-order valence-corrected chi connectivity index (χ0v) is 10.0. The maximum atomic E-state index is 11.8. The van der Waals surface area contributed by atoms with Crippen molar-refractivity contribution in [2.24, 2.45) is 12.8 Å². The molecule has 0 aliphatic carbocycles. The lowest BCUT2D eigenvalue weighted by Gasteiger charge is -2.12. The molecule has 86 valence electrons. The molecule has 6 nitrogen and oxygen atoms in total. The summed E-state index contributed by atoms with van der Waals surface area (Å²) in [5, 5.41) is 3.79. The highest BCUT2D eigenvalue weighted by molar-refractivity contribution is 7.89. The Kier molecular flexibility index (Phi) is 3.72. The standard InChI is InChI=1S/C7H13ClN4O2S/c1-5(3-9)11-15(13,14)7-6(8)4-10-12(7)2/h4-5,11H,3,9H2,1-2H3/t5-/m1/s1. The molecule has 0 saturated heterocycles. The van der Waals surface area contributed by atoms with Gasteiger partial charge in [0.05, 0.1) is 11.2 Å². The monoisotopic (exact) mass is 252 g/mol. The molecule has 0 amide bonds. The first kappa shape index (κ1) is 12.4. The quantitative estimate of drug-likeness (QED) is 0.770. The van der Waals surface area contributed by atoms with Gasteiger partial charge >= 0.3 is 0 Å². The molecule has 1 aromatic heterocycles. The molecule has 1 aromatic rings. The number of sulfonamides is 1. The second kappa shape index (κ2) is 4.48. The van der Waals surface area contributed by atoms with E-state index in [1.807, 2.05) is 0 Å². The average molecular weight is 253 g/mol. The van der Waals surface area contributed by atoms with Gasteiger partial charge < -0.3 is 5.73 Å². The minimum atomic E-state index is -3.65. The van der Waals surface area contributed by atoms with E-state index < -0.39 is 10.0 Å². The van der Waals surface area contributed by atoms with E-state index in [0.717, 1.165) is 0 Å². The van der Waals surface area contributed by atoms with Gasteiger partial charge in [0.2, 0.25) is 0 Å². The van der Waals surface area contributed by atoms with Gasteiger partial charge in [-0.05, 0) is 6.92 Å². The lowest BCUT2D eigenvalue weighted by molar-refractivity contribution is 0.547. The van der Waals surface area contributed by atoms with Crippen LogP contribution in [-0.2, 0) is 17.1 Å². The SMILES string of the molecule is C[C@H](CN)NS(=O)(=O)c1c(Cl)cnn1C. The van der Waals surface area contributed by atoms with Gasteiger partial charge in [0, 0.05) is 19.6 Å². The molecule has 8 heteroatoms. The second-order valence-electron chi connectivity index (χ2n) is 3.18. The number of nitrogens with zero attached hydrogens (tertiary/aromatic N) is 2. The fraction of sp³-hybridized carbons (Fsp3) is 0.571. The van der Waals surface area contributed by atoms with Crippen molar-refractivity contribution < 1.29 is 8.42 Å². The number of nitrogens with one attached hydrogen (secondary N) is 1. The molecule has 1 rings (SSSR count). The molecule has 0 aliphatic rings. The lowest BCUT2D eigenvalue weighted by atomic mass is 10.4. The molecule has 0 aliphatic heterocycles. The summed E-state index contributed by atoms with van der Waals surface area (Å²) in [5.41, 5.74) is 5.33. The van der Waals surface area contributed by atoms with E-state index in [2.05, 4.69) is 9.82 Å². The van der Waals surface area contributed by atoms with Gasteiger partial charge in [-0.15, -0.1) is 0 Å². The molecule has 15 heavy (non-hydrogen) atoms. The first-order chi connectivity index (χ1) is 6.88. The Hall–Kier alpha value is -0.630. The van der Waals surface area contributed by atoms with E-state index in [4.69, 9.17) is 17.3 Å². The normalized spacial score (nSPS) is 14.1. The van der Waals surface area contributed by atoms with Crippen molar-refractivity contribution in [3.8, 4) is 0 Å². The maximum Gasteiger partial charge on any atom is 0.259 e. The Morgan fingerprint density at radius 3 is 2.73 bits per heavy atom. The Bertz CT molecular complexity index is 422. The Morgan fingerprint density at radius 1 is 1.73 bits per heavy atom. The van der Waals surface area contributed by atoms with Crippen molar-refractivity contribution in [1.29, 1.82) is 0 Å². The van der Waals surface area contributed by atoms with Crippen LogP contribution in [0.1, 0.15) is 6.92 Å².